The van der Waals surface area contributed by atoms with E-state index < -0.39 is 0 Å². The van der Waals surface area contributed by atoms with Gasteiger partial charge in [-0.3, -0.25) is 6.58 Å². The minimum absolute atomic E-state index is 0. The van der Waals surface area contributed by atoms with Crippen molar-refractivity contribution in [2.75, 3.05) is 0 Å². The molecule has 0 radical (unpaired) electrons. The molecule has 0 atom stereocenters. The Morgan fingerprint density at radius 1 is 1.11 bits per heavy atom. The molecule has 0 unspecified atom stereocenters. The molecule has 0 aliphatic rings. The summed E-state index contributed by atoms with van der Waals surface area (Å²) in [5, 5.41) is 0. The Kier molecular flexibility index (Phi) is 4.41. The minimum Gasteiger partial charge on any atom is -0.292 e. The van der Waals surface area contributed by atoms with Crippen LogP contribution >= 0.6 is 0 Å². The van der Waals surface area contributed by atoms with Gasteiger partial charge in [0.15, 0.2) is 0 Å². The normalized spacial score (nSPS) is 7.56. The second kappa shape index (κ2) is 4.57. The molecule has 0 fully saturated rings. The van der Waals surface area contributed by atoms with Gasteiger partial charge in [0.25, 0.3) is 0 Å². The summed E-state index contributed by atoms with van der Waals surface area (Å²) in [4.78, 5) is 0. The standard InChI is InChI=1S/C8H7.Ag/c1-2-8-6-4-3-5-7-8;/h1-7H;/q-1;+1. The van der Waals surface area contributed by atoms with Gasteiger partial charge in [-0.2, -0.15) is 5.56 Å². The van der Waals surface area contributed by atoms with E-state index in [4.69, 9.17) is 6.58 Å². The van der Waals surface area contributed by atoms with E-state index in [1.54, 1.807) is 6.08 Å². The Bertz CT molecular complexity index is 167. The van der Waals surface area contributed by atoms with Gasteiger partial charge in [-0.25, -0.2) is 6.08 Å². The number of hydrogen-bond acceptors (Lipinski definition) is 0. The molecular weight excluding hydrogens is 204 g/mol. The monoisotopic (exact) mass is 210 g/mol. The van der Waals surface area contributed by atoms with Gasteiger partial charge in [0.2, 0.25) is 0 Å². The second-order valence-electron chi connectivity index (χ2n) is 1.58. The number of benzene rings is 1. The number of rotatable bonds is 1. The van der Waals surface area contributed by atoms with Gasteiger partial charge in [-0.05, 0) is 0 Å². The summed E-state index contributed by atoms with van der Waals surface area (Å²) in [6, 6.07) is 9.80. The van der Waals surface area contributed by atoms with Crippen molar-refractivity contribution in [3.63, 3.8) is 0 Å². The van der Waals surface area contributed by atoms with Crippen LogP contribution < -0.4 is 0 Å². The Balaban J connectivity index is 0.000000640. The van der Waals surface area contributed by atoms with E-state index in [2.05, 4.69) is 0 Å². The second-order valence-corrected chi connectivity index (χ2v) is 1.58. The molecule has 1 aromatic carbocycles. The van der Waals surface area contributed by atoms with Crippen LogP contribution in [0.3, 0.4) is 0 Å². The number of hydrogen-bond donors (Lipinski definition) is 0. The van der Waals surface area contributed by atoms with Gasteiger partial charge in [0.1, 0.15) is 0 Å². The first-order chi connectivity index (χ1) is 3.93. The molecule has 0 heterocycles. The molecule has 0 nitrogen and oxygen atoms in total. The van der Waals surface area contributed by atoms with Crippen molar-refractivity contribution in [3.8, 4) is 0 Å². The van der Waals surface area contributed by atoms with E-state index in [0.29, 0.717) is 0 Å². The largest absolute Gasteiger partial charge is 1.00 e. The molecule has 0 N–H and O–H groups in total. The molecule has 1 aromatic rings. The topological polar surface area (TPSA) is 0 Å². The summed E-state index contributed by atoms with van der Waals surface area (Å²) in [6.45, 7) is 5.22. The molecule has 0 aromatic heterocycles. The van der Waals surface area contributed by atoms with Crippen LogP contribution in [0, 0.1) is 6.58 Å². The van der Waals surface area contributed by atoms with Crippen LogP contribution in [0.4, 0.5) is 0 Å². The zero-order chi connectivity index (χ0) is 5.82. The van der Waals surface area contributed by atoms with Crippen molar-refractivity contribution >= 4 is 6.08 Å². The van der Waals surface area contributed by atoms with Gasteiger partial charge in [0.05, 0.1) is 0 Å². The Labute approximate surface area is 71.1 Å². The summed E-state index contributed by atoms with van der Waals surface area (Å²) in [7, 11) is 0. The van der Waals surface area contributed by atoms with Crippen molar-refractivity contribution < 1.29 is 22.4 Å². The Hall–Kier alpha value is -0.300. The van der Waals surface area contributed by atoms with Crippen molar-refractivity contribution in [1.82, 2.24) is 0 Å². The van der Waals surface area contributed by atoms with E-state index in [1.807, 2.05) is 30.3 Å². The third kappa shape index (κ3) is 2.66. The predicted molar refractivity (Wildman–Crippen MR) is 35.2 cm³/mol. The van der Waals surface area contributed by atoms with Crippen LogP contribution in [-0.4, -0.2) is 0 Å². The maximum atomic E-state index is 5.22. The van der Waals surface area contributed by atoms with E-state index >= 15 is 0 Å². The summed E-state index contributed by atoms with van der Waals surface area (Å²) in [5.74, 6) is 0. The van der Waals surface area contributed by atoms with Crippen molar-refractivity contribution in [2.24, 2.45) is 0 Å². The fourth-order valence-electron chi connectivity index (χ4n) is 0.564. The maximum Gasteiger partial charge on any atom is 1.00 e. The van der Waals surface area contributed by atoms with Crippen LogP contribution in [0.1, 0.15) is 5.56 Å². The van der Waals surface area contributed by atoms with Crippen LogP contribution in [0.25, 0.3) is 6.08 Å². The van der Waals surface area contributed by atoms with Crippen molar-refractivity contribution in [2.45, 2.75) is 0 Å². The van der Waals surface area contributed by atoms with Gasteiger partial charge in [-0.15, -0.1) is 12.1 Å². The maximum absolute atomic E-state index is 5.22. The molecule has 50 valence electrons. The molecule has 0 spiro atoms. The molecule has 0 aliphatic carbocycles. The van der Waals surface area contributed by atoms with Crippen LogP contribution in [0.15, 0.2) is 30.3 Å². The van der Waals surface area contributed by atoms with E-state index in [0.717, 1.165) is 5.56 Å². The first kappa shape index (κ1) is 8.70. The third-order valence-corrected chi connectivity index (χ3v) is 0.992. The van der Waals surface area contributed by atoms with E-state index in [-0.39, 0.29) is 22.4 Å². The molecule has 1 heteroatoms. The molecule has 0 saturated heterocycles. The van der Waals surface area contributed by atoms with Gasteiger partial charge >= 0.3 is 22.4 Å². The molecule has 0 saturated carbocycles. The average Bonchev–Trinajstić information content (AvgIpc) is 1.90. The smallest absolute Gasteiger partial charge is 0.292 e. The first-order valence-electron chi connectivity index (χ1n) is 2.53. The zero-order valence-electron chi connectivity index (χ0n) is 4.84. The third-order valence-electron chi connectivity index (χ3n) is 0.992. The summed E-state index contributed by atoms with van der Waals surface area (Å²) >= 11 is 0. The van der Waals surface area contributed by atoms with Gasteiger partial charge in [0, 0.05) is 0 Å². The molecule has 0 amide bonds. The summed E-state index contributed by atoms with van der Waals surface area (Å²) < 4.78 is 0. The quantitative estimate of drug-likeness (QED) is 0.493. The fourth-order valence-corrected chi connectivity index (χ4v) is 0.564. The van der Waals surface area contributed by atoms with Gasteiger partial charge in [-0.1, -0.05) is 18.2 Å². The molecule has 0 bridgehead atoms. The van der Waals surface area contributed by atoms with Crippen LogP contribution in [0.2, 0.25) is 0 Å². The molecule has 9 heavy (non-hydrogen) atoms. The van der Waals surface area contributed by atoms with Crippen molar-refractivity contribution in [1.29, 1.82) is 0 Å². The summed E-state index contributed by atoms with van der Waals surface area (Å²) in [6.07, 6.45) is 1.58. The fraction of sp³-hybridized carbons (Fsp3) is 0. The molecule has 1 rings (SSSR count). The van der Waals surface area contributed by atoms with E-state index in [9.17, 15) is 0 Å². The Morgan fingerprint density at radius 3 is 2.00 bits per heavy atom. The summed E-state index contributed by atoms with van der Waals surface area (Å²) in [5.41, 5.74) is 1.06. The first-order valence-corrected chi connectivity index (χ1v) is 2.53. The van der Waals surface area contributed by atoms with Gasteiger partial charge < -0.3 is 0 Å². The van der Waals surface area contributed by atoms with Crippen LogP contribution in [-0.2, 0) is 22.4 Å². The Morgan fingerprint density at radius 2 is 1.67 bits per heavy atom. The van der Waals surface area contributed by atoms with Crippen LogP contribution in [0.5, 0.6) is 0 Å². The van der Waals surface area contributed by atoms with E-state index in [1.165, 1.54) is 0 Å². The predicted octanol–water partition coefficient (Wildman–Crippen LogP) is 2.13. The zero-order valence-corrected chi connectivity index (χ0v) is 6.33. The van der Waals surface area contributed by atoms with Crippen molar-refractivity contribution in [3.05, 3.63) is 42.5 Å². The average molecular weight is 211 g/mol. The SMILES string of the molecule is [Ag+].[CH-]=Cc1ccccc1. The minimum atomic E-state index is 0. The molecule has 0 aliphatic heterocycles. The molecular formula is C8H7Ag.